The molecule has 0 saturated carbocycles. The first-order valence-corrected chi connectivity index (χ1v) is 6.08. The Morgan fingerprint density at radius 2 is 2.41 bits per heavy atom. The molecule has 1 aromatic rings. The largest absolute Gasteiger partial charge is 0.393 e. The van der Waals surface area contributed by atoms with Crippen molar-refractivity contribution in [3.63, 3.8) is 0 Å². The summed E-state index contributed by atoms with van der Waals surface area (Å²) in [4.78, 5) is 13.9. The van der Waals surface area contributed by atoms with Gasteiger partial charge in [0.2, 0.25) is 0 Å². The summed E-state index contributed by atoms with van der Waals surface area (Å²) in [6.45, 7) is 3.29. The highest BCUT2D eigenvalue weighted by Crippen LogP contribution is 2.21. The molecule has 94 valence electrons. The smallest absolute Gasteiger partial charge is 0.274 e. The molecule has 2 atom stereocenters. The molecule has 5 heteroatoms. The summed E-state index contributed by atoms with van der Waals surface area (Å²) in [5.41, 5.74) is 0.485. The Balaban J connectivity index is 2.05. The third-order valence-corrected chi connectivity index (χ3v) is 3.44. The molecule has 0 spiro atoms. The lowest BCUT2D eigenvalue weighted by Gasteiger charge is -2.35. The fourth-order valence-electron chi connectivity index (χ4n) is 2.30. The van der Waals surface area contributed by atoms with Gasteiger partial charge >= 0.3 is 0 Å². The number of carbonyl (C=O) groups is 1. The van der Waals surface area contributed by atoms with E-state index >= 15 is 0 Å². The van der Waals surface area contributed by atoms with Gasteiger partial charge in [-0.15, -0.1) is 0 Å². The van der Waals surface area contributed by atoms with E-state index in [4.69, 9.17) is 0 Å². The number of carbonyl (C=O) groups excluding carboxylic acids is 1. The molecule has 0 aromatic carbocycles. The third-order valence-electron chi connectivity index (χ3n) is 3.44. The van der Waals surface area contributed by atoms with Crippen LogP contribution >= 0.6 is 0 Å². The van der Waals surface area contributed by atoms with Gasteiger partial charge in [0.1, 0.15) is 5.69 Å². The van der Waals surface area contributed by atoms with E-state index in [1.807, 2.05) is 6.92 Å². The van der Waals surface area contributed by atoms with Crippen molar-refractivity contribution in [1.82, 2.24) is 14.7 Å². The van der Waals surface area contributed by atoms with Crippen LogP contribution in [0.2, 0.25) is 0 Å². The molecule has 1 aromatic heterocycles. The fourth-order valence-corrected chi connectivity index (χ4v) is 2.30. The van der Waals surface area contributed by atoms with E-state index in [1.165, 1.54) is 0 Å². The number of aliphatic hydroxyl groups is 1. The van der Waals surface area contributed by atoms with E-state index in [9.17, 15) is 9.90 Å². The summed E-state index contributed by atoms with van der Waals surface area (Å²) in [5.74, 6) is 0.160. The van der Waals surface area contributed by atoms with Crippen LogP contribution < -0.4 is 0 Å². The van der Waals surface area contributed by atoms with Crippen LogP contribution in [0.5, 0.6) is 0 Å². The summed E-state index contributed by atoms with van der Waals surface area (Å²) in [6, 6.07) is 1.73. The first-order chi connectivity index (χ1) is 8.11. The van der Waals surface area contributed by atoms with Crippen molar-refractivity contribution in [3.05, 3.63) is 18.0 Å². The van der Waals surface area contributed by atoms with Crippen LogP contribution in [0.1, 0.15) is 30.3 Å². The lowest BCUT2D eigenvalue weighted by molar-refractivity contribution is 0.0225. The summed E-state index contributed by atoms with van der Waals surface area (Å²) >= 11 is 0. The molecular formula is C12H19N3O2. The summed E-state index contributed by atoms with van der Waals surface area (Å²) in [7, 11) is 1.80. The molecule has 2 heterocycles. The molecule has 1 fully saturated rings. The Kier molecular flexibility index (Phi) is 3.47. The van der Waals surface area contributed by atoms with Gasteiger partial charge in [-0.25, -0.2) is 0 Å². The van der Waals surface area contributed by atoms with Crippen LogP contribution in [0, 0.1) is 5.92 Å². The second-order valence-corrected chi connectivity index (χ2v) is 4.65. The van der Waals surface area contributed by atoms with Crippen molar-refractivity contribution in [1.29, 1.82) is 0 Å². The maximum Gasteiger partial charge on any atom is 0.274 e. The minimum Gasteiger partial charge on any atom is -0.393 e. The van der Waals surface area contributed by atoms with Gasteiger partial charge in [0.15, 0.2) is 0 Å². The van der Waals surface area contributed by atoms with Gasteiger partial charge in [0, 0.05) is 32.3 Å². The zero-order chi connectivity index (χ0) is 12.4. The zero-order valence-electron chi connectivity index (χ0n) is 10.3. The molecule has 1 aliphatic heterocycles. The number of likely N-dealkylation sites (tertiary alicyclic amines) is 1. The van der Waals surface area contributed by atoms with Crippen LogP contribution in [0.3, 0.4) is 0 Å². The van der Waals surface area contributed by atoms with Crippen molar-refractivity contribution < 1.29 is 9.90 Å². The average molecular weight is 237 g/mol. The van der Waals surface area contributed by atoms with E-state index in [0.29, 0.717) is 25.2 Å². The van der Waals surface area contributed by atoms with E-state index < -0.39 is 0 Å². The molecule has 1 N–H and O–H groups in total. The van der Waals surface area contributed by atoms with Crippen molar-refractivity contribution in [3.8, 4) is 0 Å². The van der Waals surface area contributed by atoms with E-state index in [0.717, 1.165) is 6.42 Å². The Hall–Kier alpha value is -1.36. The molecule has 2 rings (SSSR count). The lowest BCUT2D eigenvalue weighted by Crippen LogP contribution is -2.45. The highest BCUT2D eigenvalue weighted by molar-refractivity contribution is 5.92. The number of aryl methyl sites for hydroxylation is 1. The maximum atomic E-state index is 12.1. The highest BCUT2D eigenvalue weighted by Gasteiger charge is 2.30. The maximum absolute atomic E-state index is 12.1. The van der Waals surface area contributed by atoms with Gasteiger partial charge in [-0.2, -0.15) is 5.10 Å². The highest BCUT2D eigenvalue weighted by atomic mass is 16.3. The molecule has 0 bridgehead atoms. The van der Waals surface area contributed by atoms with Crippen molar-refractivity contribution in [2.45, 2.75) is 25.9 Å². The normalized spacial score (nSPS) is 25.0. The van der Waals surface area contributed by atoms with E-state index in [-0.39, 0.29) is 17.9 Å². The van der Waals surface area contributed by atoms with Gasteiger partial charge in [0.05, 0.1) is 6.10 Å². The zero-order valence-corrected chi connectivity index (χ0v) is 10.3. The number of rotatable bonds is 2. The summed E-state index contributed by atoms with van der Waals surface area (Å²) in [6.07, 6.45) is 3.06. The van der Waals surface area contributed by atoms with Crippen LogP contribution in [0.15, 0.2) is 12.3 Å². The van der Waals surface area contributed by atoms with Crippen LogP contribution in [-0.2, 0) is 7.05 Å². The molecule has 1 saturated heterocycles. The molecule has 1 aliphatic rings. The number of nitrogens with zero attached hydrogens (tertiary/aromatic N) is 3. The first-order valence-electron chi connectivity index (χ1n) is 6.08. The predicted octanol–water partition coefficient (Wildman–Crippen LogP) is 0.653. The average Bonchev–Trinajstić information content (AvgIpc) is 2.75. The summed E-state index contributed by atoms with van der Waals surface area (Å²) < 4.78 is 1.63. The first kappa shape index (κ1) is 12.1. The van der Waals surface area contributed by atoms with Crippen LogP contribution in [0.25, 0.3) is 0 Å². The Morgan fingerprint density at radius 3 is 3.00 bits per heavy atom. The quantitative estimate of drug-likeness (QED) is 0.821. The molecule has 0 aliphatic carbocycles. The van der Waals surface area contributed by atoms with Gasteiger partial charge in [0.25, 0.3) is 5.91 Å². The number of aliphatic hydroxyl groups excluding tert-OH is 1. The summed E-state index contributed by atoms with van der Waals surface area (Å²) in [5, 5.41) is 13.9. The van der Waals surface area contributed by atoms with Crippen LogP contribution in [0.4, 0.5) is 0 Å². The van der Waals surface area contributed by atoms with Crippen LogP contribution in [-0.4, -0.2) is 44.9 Å². The predicted molar refractivity (Wildman–Crippen MR) is 63.5 cm³/mol. The molecule has 0 radical (unpaired) electrons. The molecule has 5 nitrogen and oxygen atoms in total. The molecule has 2 unspecified atom stereocenters. The van der Waals surface area contributed by atoms with Gasteiger partial charge in [-0.3, -0.25) is 9.48 Å². The number of hydrogen-bond acceptors (Lipinski definition) is 3. The molecule has 17 heavy (non-hydrogen) atoms. The van der Waals surface area contributed by atoms with Crippen molar-refractivity contribution in [2.24, 2.45) is 13.0 Å². The minimum atomic E-state index is -0.271. The SMILES string of the molecule is CCC1CN(C(=O)c2ccn(C)n2)CCC1O. The third kappa shape index (κ3) is 2.49. The number of amides is 1. The van der Waals surface area contributed by atoms with E-state index in [1.54, 1.807) is 28.9 Å². The Bertz CT molecular complexity index is 402. The number of aromatic nitrogens is 2. The minimum absolute atomic E-state index is 0.0315. The Labute approximate surface area is 101 Å². The topological polar surface area (TPSA) is 58.4 Å². The lowest BCUT2D eigenvalue weighted by atomic mass is 9.92. The molecular weight excluding hydrogens is 218 g/mol. The second kappa shape index (κ2) is 4.87. The van der Waals surface area contributed by atoms with Gasteiger partial charge < -0.3 is 10.0 Å². The number of piperidine rings is 1. The van der Waals surface area contributed by atoms with Gasteiger partial charge in [-0.1, -0.05) is 6.92 Å². The molecule has 1 amide bonds. The fraction of sp³-hybridized carbons (Fsp3) is 0.667. The van der Waals surface area contributed by atoms with Crippen molar-refractivity contribution >= 4 is 5.91 Å². The van der Waals surface area contributed by atoms with Gasteiger partial charge in [-0.05, 0) is 18.9 Å². The second-order valence-electron chi connectivity index (χ2n) is 4.65. The van der Waals surface area contributed by atoms with E-state index in [2.05, 4.69) is 5.10 Å². The standard InChI is InChI=1S/C12H19N3O2/c1-3-9-8-15(7-5-11(9)16)12(17)10-4-6-14(2)13-10/h4,6,9,11,16H,3,5,7-8H2,1-2H3. The van der Waals surface area contributed by atoms with Crippen molar-refractivity contribution in [2.75, 3.05) is 13.1 Å². The number of hydrogen-bond donors (Lipinski definition) is 1. The Morgan fingerprint density at radius 1 is 1.65 bits per heavy atom. The monoisotopic (exact) mass is 237 g/mol.